The van der Waals surface area contributed by atoms with Crippen molar-refractivity contribution in [3.63, 3.8) is 0 Å². The topological polar surface area (TPSA) is 119 Å². The van der Waals surface area contributed by atoms with Gasteiger partial charge in [0, 0.05) is 0 Å². The zero-order chi connectivity index (χ0) is 16.5. The molecule has 8 heteroatoms. The van der Waals surface area contributed by atoms with Crippen LogP contribution in [-0.4, -0.2) is 46.9 Å². The molecule has 8 nitrogen and oxygen atoms in total. The third-order valence-corrected chi connectivity index (χ3v) is 4.50. The third kappa shape index (κ3) is 2.77. The van der Waals surface area contributed by atoms with Crippen molar-refractivity contribution in [3.05, 3.63) is 0 Å². The lowest BCUT2D eigenvalue weighted by Gasteiger charge is -2.36. The van der Waals surface area contributed by atoms with Crippen molar-refractivity contribution in [2.24, 2.45) is 11.7 Å². The average molecular weight is 311 g/mol. The maximum Gasteiger partial charge on any atom is 0.327 e. The van der Waals surface area contributed by atoms with E-state index in [0.29, 0.717) is 6.42 Å². The number of carbonyl (C=O) groups is 4. The fourth-order valence-electron chi connectivity index (χ4n) is 3.06. The van der Waals surface area contributed by atoms with Crippen molar-refractivity contribution < 1.29 is 23.9 Å². The van der Waals surface area contributed by atoms with E-state index in [1.54, 1.807) is 0 Å². The molecule has 122 valence electrons. The molecule has 1 aliphatic carbocycles. The number of imide groups is 1. The Morgan fingerprint density at radius 3 is 2.73 bits per heavy atom. The Labute approximate surface area is 128 Å². The molecule has 1 heterocycles. The van der Waals surface area contributed by atoms with Gasteiger partial charge in [-0.2, -0.15) is 0 Å². The number of rotatable bonds is 4. The third-order valence-electron chi connectivity index (χ3n) is 4.50. The van der Waals surface area contributed by atoms with Crippen molar-refractivity contribution in [3.8, 4) is 0 Å². The van der Waals surface area contributed by atoms with Gasteiger partial charge in [0.25, 0.3) is 11.8 Å². The van der Waals surface area contributed by atoms with Crippen molar-refractivity contribution >= 4 is 23.8 Å². The zero-order valence-corrected chi connectivity index (χ0v) is 12.8. The van der Waals surface area contributed by atoms with Crippen LogP contribution in [0.25, 0.3) is 0 Å². The molecule has 1 aliphatic heterocycles. The number of nitrogens with one attached hydrogen (secondary N) is 1. The molecule has 3 N–H and O–H groups in total. The molecule has 22 heavy (non-hydrogen) atoms. The monoisotopic (exact) mass is 311 g/mol. The summed E-state index contributed by atoms with van der Waals surface area (Å²) >= 11 is 0. The number of hydrogen-bond acceptors (Lipinski definition) is 5. The zero-order valence-electron chi connectivity index (χ0n) is 12.8. The van der Waals surface area contributed by atoms with Crippen molar-refractivity contribution in [2.75, 3.05) is 6.54 Å². The first kappa shape index (κ1) is 16.3. The van der Waals surface area contributed by atoms with Crippen LogP contribution >= 0.6 is 0 Å². The standard InChI is InChI=1S/C14H21N3O5/c1-8-5-3-4-6-14(8)12(20)17(13(21)16-14)7-10(18)22-9(2)11(15)19/h8-9H,3-7H2,1-2H3,(H2,15,19)(H,16,21)/t8-,9-,14-/m0/s1. The first-order valence-electron chi connectivity index (χ1n) is 7.41. The number of carbonyl (C=O) groups excluding carboxylic acids is 4. The van der Waals surface area contributed by atoms with Gasteiger partial charge in [0.15, 0.2) is 6.10 Å². The summed E-state index contributed by atoms with van der Waals surface area (Å²) in [5.41, 5.74) is 4.09. The van der Waals surface area contributed by atoms with Crippen LogP contribution in [0.3, 0.4) is 0 Å². The molecule has 3 atom stereocenters. The Kier molecular flexibility index (Phi) is 4.39. The summed E-state index contributed by atoms with van der Waals surface area (Å²) in [6.07, 6.45) is 2.19. The molecule has 2 aliphatic rings. The molecule has 0 radical (unpaired) electrons. The highest BCUT2D eigenvalue weighted by Crippen LogP contribution is 2.38. The van der Waals surface area contributed by atoms with E-state index in [0.717, 1.165) is 24.2 Å². The SMILES string of the molecule is C[C@H](OC(=O)CN1C(=O)N[C@]2(CCCC[C@@H]2C)C1=O)C(N)=O. The van der Waals surface area contributed by atoms with Crippen LogP contribution in [0.2, 0.25) is 0 Å². The highest BCUT2D eigenvalue weighted by molar-refractivity contribution is 6.09. The molecule has 0 unspecified atom stereocenters. The van der Waals surface area contributed by atoms with E-state index in [1.165, 1.54) is 6.92 Å². The van der Waals surface area contributed by atoms with Crippen LogP contribution in [0.15, 0.2) is 0 Å². The van der Waals surface area contributed by atoms with E-state index in [-0.39, 0.29) is 5.92 Å². The Bertz CT molecular complexity index is 521. The second-order valence-corrected chi connectivity index (χ2v) is 5.97. The molecule has 0 aromatic carbocycles. The lowest BCUT2D eigenvalue weighted by molar-refractivity contribution is -0.156. The van der Waals surface area contributed by atoms with Gasteiger partial charge in [-0.15, -0.1) is 0 Å². The average Bonchev–Trinajstić information content (AvgIpc) is 2.67. The summed E-state index contributed by atoms with van der Waals surface area (Å²) < 4.78 is 4.79. The predicted octanol–water partition coefficient (Wildman–Crippen LogP) is -0.0959. The lowest BCUT2D eigenvalue weighted by Crippen LogP contribution is -2.54. The van der Waals surface area contributed by atoms with Gasteiger partial charge < -0.3 is 15.8 Å². The fraction of sp³-hybridized carbons (Fsp3) is 0.714. The number of esters is 1. The summed E-state index contributed by atoms with van der Waals surface area (Å²) in [6, 6.07) is -0.595. The largest absolute Gasteiger partial charge is 0.451 e. The van der Waals surface area contributed by atoms with E-state index in [1.807, 2.05) is 6.92 Å². The highest BCUT2D eigenvalue weighted by atomic mass is 16.5. The maximum atomic E-state index is 12.6. The molecule has 0 aromatic heterocycles. The second-order valence-electron chi connectivity index (χ2n) is 5.97. The predicted molar refractivity (Wildman–Crippen MR) is 75.4 cm³/mol. The Balaban J connectivity index is 2.06. The number of amides is 4. The minimum Gasteiger partial charge on any atom is -0.451 e. The molecular formula is C14H21N3O5. The molecule has 1 saturated heterocycles. The Morgan fingerprint density at radius 2 is 2.14 bits per heavy atom. The van der Waals surface area contributed by atoms with Gasteiger partial charge >= 0.3 is 12.0 Å². The highest BCUT2D eigenvalue weighted by Gasteiger charge is 2.55. The molecule has 2 fully saturated rings. The molecule has 1 saturated carbocycles. The number of nitrogens with two attached hydrogens (primary N) is 1. The van der Waals surface area contributed by atoms with Gasteiger partial charge in [-0.05, 0) is 25.7 Å². The quantitative estimate of drug-likeness (QED) is 0.555. The molecule has 1 spiro atoms. The van der Waals surface area contributed by atoms with E-state index in [9.17, 15) is 19.2 Å². The van der Waals surface area contributed by atoms with Crippen molar-refractivity contribution in [1.29, 1.82) is 0 Å². The summed E-state index contributed by atoms with van der Waals surface area (Å²) in [6.45, 7) is 2.74. The summed E-state index contributed by atoms with van der Waals surface area (Å²) in [5.74, 6) is -2.00. The van der Waals surface area contributed by atoms with Crippen molar-refractivity contribution in [2.45, 2.75) is 51.2 Å². The summed E-state index contributed by atoms with van der Waals surface area (Å²) in [5, 5.41) is 2.74. The summed E-state index contributed by atoms with van der Waals surface area (Å²) in [7, 11) is 0. The maximum absolute atomic E-state index is 12.6. The van der Waals surface area contributed by atoms with Gasteiger partial charge in [-0.3, -0.25) is 19.3 Å². The van der Waals surface area contributed by atoms with E-state index < -0.39 is 42.0 Å². The minimum absolute atomic E-state index is 0.0169. The fourth-order valence-corrected chi connectivity index (χ4v) is 3.06. The van der Waals surface area contributed by atoms with Gasteiger partial charge in [-0.1, -0.05) is 19.8 Å². The van der Waals surface area contributed by atoms with Crippen LogP contribution in [-0.2, 0) is 19.1 Å². The Morgan fingerprint density at radius 1 is 1.45 bits per heavy atom. The number of primary amides is 1. The van der Waals surface area contributed by atoms with Crippen LogP contribution in [0.5, 0.6) is 0 Å². The van der Waals surface area contributed by atoms with Crippen molar-refractivity contribution in [1.82, 2.24) is 10.2 Å². The molecular weight excluding hydrogens is 290 g/mol. The minimum atomic E-state index is -1.10. The van der Waals surface area contributed by atoms with Crippen LogP contribution < -0.4 is 11.1 Å². The normalized spacial score (nSPS) is 29.4. The second kappa shape index (κ2) is 5.94. The number of hydrogen-bond donors (Lipinski definition) is 2. The molecule has 4 amide bonds. The summed E-state index contributed by atoms with van der Waals surface area (Å²) in [4.78, 5) is 48.1. The number of ether oxygens (including phenoxy) is 1. The first-order chi connectivity index (χ1) is 10.3. The molecule has 0 aromatic rings. The van der Waals surface area contributed by atoms with Gasteiger partial charge in [-0.25, -0.2) is 4.79 Å². The van der Waals surface area contributed by atoms with E-state index in [4.69, 9.17) is 10.5 Å². The first-order valence-corrected chi connectivity index (χ1v) is 7.41. The smallest absolute Gasteiger partial charge is 0.327 e. The Hall–Kier alpha value is -2.12. The van der Waals surface area contributed by atoms with E-state index in [2.05, 4.69) is 5.32 Å². The van der Waals surface area contributed by atoms with E-state index >= 15 is 0 Å². The number of nitrogens with zero attached hydrogens (tertiary/aromatic N) is 1. The molecule has 2 rings (SSSR count). The van der Waals surface area contributed by atoms with Crippen LogP contribution in [0.4, 0.5) is 4.79 Å². The van der Waals surface area contributed by atoms with Gasteiger partial charge in [0.05, 0.1) is 0 Å². The van der Waals surface area contributed by atoms with Crippen LogP contribution in [0, 0.1) is 5.92 Å². The van der Waals surface area contributed by atoms with Gasteiger partial charge in [0.1, 0.15) is 12.1 Å². The van der Waals surface area contributed by atoms with Gasteiger partial charge in [0.2, 0.25) is 0 Å². The lowest BCUT2D eigenvalue weighted by atomic mass is 9.73. The number of urea groups is 1. The van der Waals surface area contributed by atoms with Crippen LogP contribution in [0.1, 0.15) is 39.5 Å². The molecule has 0 bridgehead atoms.